The van der Waals surface area contributed by atoms with Crippen molar-refractivity contribution in [2.24, 2.45) is 0 Å². The average Bonchev–Trinajstić information content (AvgIpc) is 3.09. The molecule has 0 atom stereocenters. The molecular weight excluding hydrogens is 292 g/mol. The molecule has 0 unspecified atom stereocenters. The molecule has 0 bridgehead atoms. The van der Waals surface area contributed by atoms with Gasteiger partial charge in [0.1, 0.15) is 5.69 Å². The molecule has 3 rings (SSSR count). The Bertz CT molecular complexity index is 772. The van der Waals surface area contributed by atoms with Gasteiger partial charge in [-0.2, -0.15) is 0 Å². The third-order valence-corrected chi connectivity index (χ3v) is 3.42. The Morgan fingerprint density at radius 2 is 1.87 bits per heavy atom. The molecule has 0 fully saturated rings. The van der Waals surface area contributed by atoms with Crippen molar-refractivity contribution in [2.75, 3.05) is 11.9 Å². The molecule has 0 aliphatic rings. The smallest absolute Gasteiger partial charge is 0.266 e. The van der Waals surface area contributed by atoms with Gasteiger partial charge in [0, 0.05) is 31.8 Å². The predicted octanol–water partition coefficient (Wildman–Crippen LogP) is 2.73. The van der Waals surface area contributed by atoms with Crippen LogP contribution in [-0.2, 0) is 11.2 Å². The van der Waals surface area contributed by atoms with Gasteiger partial charge >= 0.3 is 0 Å². The number of aryl methyl sites for hydroxylation is 1. The van der Waals surface area contributed by atoms with Gasteiger partial charge in [0.05, 0.1) is 0 Å². The van der Waals surface area contributed by atoms with Gasteiger partial charge in [-0.05, 0) is 24.3 Å². The summed E-state index contributed by atoms with van der Waals surface area (Å²) in [6.45, 7) is 0. The summed E-state index contributed by atoms with van der Waals surface area (Å²) in [4.78, 5) is 18.0. The van der Waals surface area contributed by atoms with E-state index in [-0.39, 0.29) is 5.91 Å². The van der Waals surface area contributed by atoms with E-state index in [2.05, 4.69) is 15.2 Å². The number of hydrogen-bond acceptors (Lipinski definition) is 5. The van der Waals surface area contributed by atoms with Crippen LogP contribution in [0.1, 0.15) is 12.3 Å². The fraction of sp³-hybridized carbons (Fsp3) is 0.176. The number of anilines is 1. The molecule has 0 aliphatic heterocycles. The molecule has 2 heterocycles. The lowest BCUT2D eigenvalue weighted by atomic mass is 10.2. The van der Waals surface area contributed by atoms with E-state index < -0.39 is 0 Å². The van der Waals surface area contributed by atoms with E-state index in [1.54, 1.807) is 24.2 Å². The molecule has 6 nitrogen and oxygen atoms in total. The Morgan fingerprint density at radius 3 is 2.61 bits per heavy atom. The number of amides is 1. The number of pyridine rings is 1. The monoisotopic (exact) mass is 308 g/mol. The topological polar surface area (TPSA) is 72.1 Å². The maximum atomic E-state index is 12.2. The molecule has 0 saturated carbocycles. The number of carbonyl (C=O) groups is 1. The third kappa shape index (κ3) is 3.60. The first-order valence-electron chi connectivity index (χ1n) is 7.29. The zero-order chi connectivity index (χ0) is 16.1. The minimum absolute atomic E-state index is 0.00575. The van der Waals surface area contributed by atoms with Crippen LogP contribution in [0.5, 0.6) is 0 Å². The van der Waals surface area contributed by atoms with Crippen molar-refractivity contribution in [3.63, 3.8) is 0 Å². The van der Waals surface area contributed by atoms with Gasteiger partial charge in [0.2, 0.25) is 11.8 Å². The Labute approximate surface area is 133 Å². The van der Waals surface area contributed by atoms with Crippen LogP contribution in [0.2, 0.25) is 0 Å². The van der Waals surface area contributed by atoms with E-state index in [9.17, 15) is 4.79 Å². The van der Waals surface area contributed by atoms with Crippen molar-refractivity contribution in [3.05, 3.63) is 60.6 Å². The second kappa shape index (κ2) is 6.83. The minimum Gasteiger partial charge on any atom is -0.419 e. The highest BCUT2D eigenvalue weighted by atomic mass is 16.4. The molecule has 2 aromatic heterocycles. The van der Waals surface area contributed by atoms with Crippen LogP contribution in [0.25, 0.3) is 11.6 Å². The zero-order valence-electron chi connectivity index (χ0n) is 12.7. The molecule has 3 aromatic rings. The minimum atomic E-state index is -0.00575. The van der Waals surface area contributed by atoms with Crippen molar-refractivity contribution >= 4 is 11.6 Å². The summed E-state index contributed by atoms with van der Waals surface area (Å²) in [5.41, 5.74) is 1.48. The maximum Gasteiger partial charge on any atom is 0.266 e. The normalized spacial score (nSPS) is 10.5. The van der Waals surface area contributed by atoms with Crippen molar-refractivity contribution in [1.82, 2.24) is 15.2 Å². The lowest BCUT2D eigenvalue weighted by Gasteiger charge is -2.16. The number of rotatable bonds is 5. The number of benzene rings is 1. The number of hydrogen-bond donors (Lipinski definition) is 0. The maximum absolute atomic E-state index is 12.2. The Morgan fingerprint density at radius 1 is 1.09 bits per heavy atom. The van der Waals surface area contributed by atoms with Gasteiger partial charge in [-0.1, -0.05) is 24.3 Å². The molecule has 23 heavy (non-hydrogen) atoms. The lowest BCUT2D eigenvalue weighted by Crippen LogP contribution is -2.26. The summed E-state index contributed by atoms with van der Waals surface area (Å²) in [5, 5.41) is 7.93. The van der Waals surface area contributed by atoms with Crippen LogP contribution in [0.3, 0.4) is 0 Å². The summed E-state index contributed by atoms with van der Waals surface area (Å²) in [6.07, 6.45) is 2.36. The quantitative estimate of drug-likeness (QED) is 0.724. The van der Waals surface area contributed by atoms with E-state index in [1.165, 1.54) is 0 Å². The fourth-order valence-electron chi connectivity index (χ4n) is 2.12. The van der Waals surface area contributed by atoms with Crippen molar-refractivity contribution in [1.29, 1.82) is 0 Å². The van der Waals surface area contributed by atoms with Crippen LogP contribution in [0.15, 0.2) is 59.1 Å². The van der Waals surface area contributed by atoms with E-state index in [1.807, 2.05) is 42.5 Å². The summed E-state index contributed by atoms with van der Waals surface area (Å²) in [7, 11) is 1.75. The second-order valence-corrected chi connectivity index (χ2v) is 5.00. The highest BCUT2D eigenvalue weighted by Crippen LogP contribution is 2.16. The van der Waals surface area contributed by atoms with Crippen LogP contribution >= 0.6 is 0 Å². The van der Waals surface area contributed by atoms with Gasteiger partial charge in [-0.25, -0.2) is 0 Å². The summed E-state index contributed by atoms with van der Waals surface area (Å²) < 4.78 is 5.55. The van der Waals surface area contributed by atoms with Crippen molar-refractivity contribution in [3.8, 4) is 11.6 Å². The summed E-state index contributed by atoms with van der Waals surface area (Å²) >= 11 is 0. The molecule has 0 aliphatic carbocycles. The summed E-state index contributed by atoms with van der Waals surface area (Å²) in [5.74, 6) is 0.790. The van der Waals surface area contributed by atoms with Gasteiger partial charge in [-0.3, -0.25) is 9.78 Å². The van der Waals surface area contributed by atoms with Crippen LogP contribution in [0.4, 0.5) is 5.69 Å². The van der Waals surface area contributed by atoms with Gasteiger partial charge < -0.3 is 9.32 Å². The van der Waals surface area contributed by atoms with Crippen molar-refractivity contribution in [2.45, 2.75) is 12.8 Å². The molecule has 0 radical (unpaired) electrons. The zero-order valence-corrected chi connectivity index (χ0v) is 12.7. The predicted molar refractivity (Wildman–Crippen MR) is 85.7 cm³/mol. The number of aromatic nitrogens is 3. The molecule has 0 spiro atoms. The first-order valence-corrected chi connectivity index (χ1v) is 7.29. The van der Waals surface area contributed by atoms with Gasteiger partial charge in [-0.15, -0.1) is 10.2 Å². The van der Waals surface area contributed by atoms with Crippen molar-refractivity contribution < 1.29 is 9.21 Å². The molecule has 1 amide bonds. The SMILES string of the molecule is CN(C(=O)CCc1nnc(-c2ccccn2)o1)c1ccccc1. The number of carbonyl (C=O) groups excluding carboxylic acids is 1. The largest absolute Gasteiger partial charge is 0.419 e. The molecule has 6 heteroatoms. The molecule has 116 valence electrons. The second-order valence-electron chi connectivity index (χ2n) is 5.00. The van der Waals surface area contributed by atoms with Gasteiger partial charge in [0.25, 0.3) is 5.89 Å². The Balaban J connectivity index is 1.61. The van der Waals surface area contributed by atoms with E-state index in [0.29, 0.717) is 30.3 Å². The van der Waals surface area contributed by atoms with Gasteiger partial charge in [0.15, 0.2) is 0 Å². The lowest BCUT2D eigenvalue weighted by molar-refractivity contribution is -0.118. The number of para-hydroxylation sites is 1. The fourth-order valence-corrected chi connectivity index (χ4v) is 2.12. The first-order chi connectivity index (χ1) is 11.2. The van der Waals surface area contributed by atoms with Crippen LogP contribution < -0.4 is 4.90 Å². The van der Waals surface area contributed by atoms with E-state index in [4.69, 9.17) is 4.42 Å². The van der Waals surface area contributed by atoms with Crippen LogP contribution in [-0.4, -0.2) is 28.1 Å². The van der Waals surface area contributed by atoms with E-state index in [0.717, 1.165) is 5.69 Å². The van der Waals surface area contributed by atoms with E-state index >= 15 is 0 Å². The van der Waals surface area contributed by atoms with Crippen LogP contribution in [0, 0.1) is 0 Å². The highest BCUT2D eigenvalue weighted by Gasteiger charge is 2.14. The standard InChI is InChI=1S/C17H16N4O2/c1-21(13-7-3-2-4-8-13)16(22)11-10-15-19-20-17(23-15)14-9-5-6-12-18-14/h2-9,12H,10-11H2,1H3. The molecule has 1 aromatic carbocycles. The molecule has 0 saturated heterocycles. The third-order valence-electron chi connectivity index (χ3n) is 3.42. The number of nitrogens with zero attached hydrogens (tertiary/aromatic N) is 4. The first kappa shape index (κ1) is 14.9. The Hall–Kier alpha value is -3.02. The molecule has 0 N–H and O–H groups in total. The highest BCUT2D eigenvalue weighted by molar-refractivity contribution is 5.92. The summed E-state index contributed by atoms with van der Waals surface area (Å²) in [6, 6.07) is 15.0. The average molecular weight is 308 g/mol. The molecular formula is C17H16N4O2. The Kier molecular flexibility index (Phi) is 4.42.